The van der Waals surface area contributed by atoms with Crippen LogP contribution in [-0.4, -0.2) is 35.2 Å². The fraction of sp³-hybridized carbons (Fsp3) is 1.00. The molecule has 1 unspecified atom stereocenters. The van der Waals surface area contributed by atoms with Crippen LogP contribution in [0.4, 0.5) is 0 Å². The van der Waals surface area contributed by atoms with Crippen molar-refractivity contribution in [2.45, 2.75) is 63.5 Å². The number of aliphatic hydroxyl groups is 1. The van der Waals surface area contributed by atoms with Gasteiger partial charge in [-0.3, -0.25) is 4.90 Å². The van der Waals surface area contributed by atoms with Gasteiger partial charge in [0.1, 0.15) is 0 Å². The largest absolute Gasteiger partial charge is 0.395 e. The number of nitrogens with zero attached hydrogens (tertiary/aromatic N) is 1. The molecule has 2 aliphatic rings. The average molecular weight is 197 g/mol. The molecule has 0 aromatic heterocycles. The van der Waals surface area contributed by atoms with Gasteiger partial charge in [0.2, 0.25) is 0 Å². The summed E-state index contributed by atoms with van der Waals surface area (Å²) in [5, 5.41) is 9.41. The smallest absolute Gasteiger partial charge is 0.0586 e. The molecule has 2 fully saturated rings. The lowest BCUT2D eigenvalue weighted by Gasteiger charge is -2.34. The third-order valence-electron chi connectivity index (χ3n) is 3.93. The zero-order valence-electron chi connectivity index (χ0n) is 9.12. The highest BCUT2D eigenvalue weighted by Gasteiger charge is 2.28. The Morgan fingerprint density at radius 2 is 1.64 bits per heavy atom. The van der Waals surface area contributed by atoms with Gasteiger partial charge in [-0.15, -0.1) is 0 Å². The van der Waals surface area contributed by atoms with Crippen molar-refractivity contribution in [2.24, 2.45) is 0 Å². The number of hydrogen-bond donors (Lipinski definition) is 1. The molecule has 0 aromatic rings. The maximum absolute atomic E-state index is 9.41. The third kappa shape index (κ3) is 2.29. The molecule has 82 valence electrons. The third-order valence-corrected chi connectivity index (χ3v) is 3.93. The Morgan fingerprint density at radius 1 is 0.929 bits per heavy atom. The summed E-state index contributed by atoms with van der Waals surface area (Å²) in [6, 6.07) is 1.27. The summed E-state index contributed by atoms with van der Waals surface area (Å²) in [5.74, 6) is 0. The van der Waals surface area contributed by atoms with E-state index < -0.39 is 0 Å². The van der Waals surface area contributed by atoms with Gasteiger partial charge in [0.05, 0.1) is 6.61 Å². The quantitative estimate of drug-likeness (QED) is 0.733. The van der Waals surface area contributed by atoms with Crippen molar-refractivity contribution in [1.82, 2.24) is 4.90 Å². The summed E-state index contributed by atoms with van der Waals surface area (Å²) < 4.78 is 0. The van der Waals surface area contributed by atoms with Gasteiger partial charge in [-0.05, 0) is 32.2 Å². The first kappa shape index (κ1) is 10.4. The molecule has 0 bridgehead atoms. The monoisotopic (exact) mass is 197 g/mol. The molecule has 14 heavy (non-hydrogen) atoms. The molecule has 1 aliphatic carbocycles. The summed E-state index contributed by atoms with van der Waals surface area (Å²) in [5.41, 5.74) is 0. The lowest BCUT2D eigenvalue weighted by Crippen LogP contribution is -2.43. The Balaban J connectivity index is 1.96. The van der Waals surface area contributed by atoms with Crippen molar-refractivity contribution in [2.75, 3.05) is 13.2 Å². The molecule has 1 saturated carbocycles. The van der Waals surface area contributed by atoms with E-state index >= 15 is 0 Å². The zero-order valence-corrected chi connectivity index (χ0v) is 9.12. The van der Waals surface area contributed by atoms with Crippen LogP contribution in [0, 0.1) is 0 Å². The number of rotatable bonds is 2. The van der Waals surface area contributed by atoms with Gasteiger partial charge in [-0.1, -0.05) is 25.7 Å². The molecule has 1 N–H and O–H groups in total. The highest BCUT2D eigenvalue weighted by Crippen LogP contribution is 2.28. The molecular weight excluding hydrogens is 174 g/mol. The van der Waals surface area contributed by atoms with Gasteiger partial charge in [-0.25, -0.2) is 0 Å². The highest BCUT2D eigenvalue weighted by atomic mass is 16.3. The lowest BCUT2D eigenvalue weighted by molar-refractivity contribution is 0.0866. The molecule has 1 aliphatic heterocycles. The van der Waals surface area contributed by atoms with E-state index in [1.807, 2.05) is 0 Å². The van der Waals surface area contributed by atoms with E-state index in [-0.39, 0.29) is 0 Å². The molecule has 0 spiro atoms. The van der Waals surface area contributed by atoms with Crippen molar-refractivity contribution in [1.29, 1.82) is 0 Å². The molecule has 2 nitrogen and oxygen atoms in total. The van der Waals surface area contributed by atoms with Gasteiger partial charge in [-0.2, -0.15) is 0 Å². The van der Waals surface area contributed by atoms with Crippen LogP contribution < -0.4 is 0 Å². The van der Waals surface area contributed by atoms with Crippen LogP contribution in [0.3, 0.4) is 0 Å². The minimum Gasteiger partial charge on any atom is -0.395 e. The molecular formula is C12H23NO. The minimum absolute atomic E-state index is 0.372. The summed E-state index contributed by atoms with van der Waals surface area (Å²) >= 11 is 0. The van der Waals surface area contributed by atoms with Crippen LogP contribution >= 0.6 is 0 Å². The predicted octanol–water partition coefficient (Wildman–Crippen LogP) is 2.17. The molecule has 2 rings (SSSR count). The minimum atomic E-state index is 0.372. The van der Waals surface area contributed by atoms with E-state index in [9.17, 15) is 5.11 Å². The van der Waals surface area contributed by atoms with E-state index in [4.69, 9.17) is 0 Å². The van der Waals surface area contributed by atoms with Crippen LogP contribution in [-0.2, 0) is 0 Å². The van der Waals surface area contributed by atoms with Gasteiger partial charge in [0.25, 0.3) is 0 Å². The number of hydrogen-bond acceptors (Lipinski definition) is 2. The van der Waals surface area contributed by atoms with Crippen LogP contribution in [0.15, 0.2) is 0 Å². The molecule has 0 amide bonds. The second-order valence-corrected chi connectivity index (χ2v) is 4.86. The molecule has 1 saturated heterocycles. The van der Waals surface area contributed by atoms with Crippen LogP contribution in [0.5, 0.6) is 0 Å². The molecule has 0 aromatic carbocycles. The first-order valence-corrected chi connectivity index (χ1v) is 6.28. The lowest BCUT2D eigenvalue weighted by atomic mass is 10.1. The average Bonchev–Trinajstić information content (AvgIpc) is 2.63. The van der Waals surface area contributed by atoms with E-state index in [2.05, 4.69) is 4.90 Å². The summed E-state index contributed by atoms with van der Waals surface area (Å²) in [6.45, 7) is 1.60. The summed E-state index contributed by atoms with van der Waals surface area (Å²) in [6.07, 6.45) is 10.8. The van der Waals surface area contributed by atoms with E-state index in [0.717, 1.165) is 6.04 Å². The SMILES string of the molecule is OCC1CCCCCN1C1CCCC1. The van der Waals surface area contributed by atoms with Crippen LogP contribution in [0.25, 0.3) is 0 Å². The molecule has 2 heteroatoms. The Kier molecular flexibility index (Phi) is 3.82. The fourth-order valence-electron chi connectivity index (χ4n) is 3.11. The molecule has 1 atom stereocenters. The first-order chi connectivity index (χ1) is 6.92. The Morgan fingerprint density at radius 3 is 2.36 bits per heavy atom. The Labute approximate surface area is 87.3 Å². The van der Waals surface area contributed by atoms with E-state index in [1.54, 1.807) is 0 Å². The second-order valence-electron chi connectivity index (χ2n) is 4.86. The molecule has 0 radical (unpaired) electrons. The summed E-state index contributed by atoms with van der Waals surface area (Å²) in [4.78, 5) is 2.61. The standard InChI is InChI=1S/C12H23NO/c14-10-12-8-2-1-5-9-13(12)11-6-3-4-7-11/h11-12,14H,1-10H2. The van der Waals surface area contributed by atoms with Crippen molar-refractivity contribution < 1.29 is 5.11 Å². The van der Waals surface area contributed by atoms with Gasteiger partial charge in [0.15, 0.2) is 0 Å². The number of likely N-dealkylation sites (tertiary alicyclic amines) is 1. The predicted molar refractivity (Wildman–Crippen MR) is 58.3 cm³/mol. The fourth-order valence-corrected chi connectivity index (χ4v) is 3.11. The second kappa shape index (κ2) is 5.13. The van der Waals surface area contributed by atoms with Gasteiger partial charge in [0, 0.05) is 12.1 Å². The van der Waals surface area contributed by atoms with Crippen LogP contribution in [0.1, 0.15) is 51.4 Å². The Bertz CT molecular complexity index is 166. The first-order valence-electron chi connectivity index (χ1n) is 6.28. The zero-order chi connectivity index (χ0) is 9.80. The maximum atomic E-state index is 9.41. The van der Waals surface area contributed by atoms with Gasteiger partial charge >= 0.3 is 0 Å². The number of aliphatic hydroxyl groups excluding tert-OH is 1. The van der Waals surface area contributed by atoms with Crippen molar-refractivity contribution in [3.8, 4) is 0 Å². The highest BCUT2D eigenvalue weighted by molar-refractivity contribution is 4.84. The van der Waals surface area contributed by atoms with Gasteiger partial charge < -0.3 is 5.11 Å². The summed E-state index contributed by atoms with van der Waals surface area (Å²) in [7, 11) is 0. The van der Waals surface area contributed by atoms with Crippen LogP contribution in [0.2, 0.25) is 0 Å². The van der Waals surface area contributed by atoms with E-state index in [0.29, 0.717) is 12.6 Å². The normalized spacial score (nSPS) is 31.9. The van der Waals surface area contributed by atoms with Crippen molar-refractivity contribution in [3.63, 3.8) is 0 Å². The topological polar surface area (TPSA) is 23.5 Å². The van der Waals surface area contributed by atoms with Crippen molar-refractivity contribution >= 4 is 0 Å². The molecule has 1 heterocycles. The maximum Gasteiger partial charge on any atom is 0.0586 e. The Hall–Kier alpha value is -0.0800. The van der Waals surface area contributed by atoms with Crippen molar-refractivity contribution in [3.05, 3.63) is 0 Å². The van der Waals surface area contributed by atoms with E-state index in [1.165, 1.54) is 57.9 Å².